The second kappa shape index (κ2) is 7.50. The van der Waals surface area contributed by atoms with Crippen LogP contribution in [-0.4, -0.2) is 23.2 Å². The predicted molar refractivity (Wildman–Crippen MR) is 78.5 cm³/mol. The molecule has 4 nitrogen and oxygen atoms in total. The lowest BCUT2D eigenvalue weighted by molar-refractivity contribution is -0.145. The molecule has 0 saturated carbocycles. The Kier molecular flexibility index (Phi) is 6.31. The van der Waals surface area contributed by atoms with Crippen molar-refractivity contribution in [1.29, 1.82) is 0 Å². The van der Waals surface area contributed by atoms with E-state index in [4.69, 9.17) is 15.6 Å². The summed E-state index contributed by atoms with van der Waals surface area (Å²) in [5, 5.41) is 9.07. The van der Waals surface area contributed by atoms with Crippen molar-refractivity contribution in [2.45, 2.75) is 45.3 Å². The summed E-state index contributed by atoms with van der Waals surface area (Å²) >= 11 is 3.41. The third kappa shape index (κ3) is 5.20. The van der Waals surface area contributed by atoms with E-state index >= 15 is 0 Å². The minimum absolute atomic E-state index is 0.0885. The van der Waals surface area contributed by atoms with Gasteiger partial charge >= 0.3 is 5.97 Å². The molecule has 1 rings (SSSR count). The zero-order chi connectivity index (χ0) is 14.4. The highest BCUT2D eigenvalue weighted by Crippen LogP contribution is 2.28. The van der Waals surface area contributed by atoms with Crippen LogP contribution in [0.25, 0.3) is 0 Å². The molecule has 0 spiro atoms. The zero-order valence-corrected chi connectivity index (χ0v) is 12.8. The molecule has 0 fully saturated rings. The molecule has 5 heteroatoms. The maximum absolute atomic E-state index is 11.1. The fraction of sp³-hybridized carbons (Fsp3) is 0.500. The topological polar surface area (TPSA) is 72.5 Å². The van der Waals surface area contributed by atoms with Crippen LogP contribution in [0.1, 0.15) is 32.3 Å². The average molecular weight is 330 g/mol. The van der Waals surface area contributed by atoms with Gasteiger partial charge in [0.2, 0.25) is 0 Å². The van der Waals surface area contributed by atoms with Gasteiger partial charge in [0.05, 0.1) is 4.47 Å². The summed E-state index contributed by atoms with van der Waals surface area (Å²) < 4.78 is 6.29. The summed E-state index contributed by atoms with van der Waals surface area (Å²) in [4.78, 5) is 11.1. The normalized spacial score (nSPS) is 13.9. The average Bonchev–Trinajstić information content (AvgIpc) is 2.30. The highest BCUT2D eigenvalue weighted by atomic mass is 79.9. The second-order valence-electron chi connectivity index (χ2n) is 4.68. The van der Waals surface area contributed by atoms with E-state index in [1.165, 1.54) is 0 Å². The van der Waals surface area contributed by atoms with Gasteiger partial charge < -0.3 is 15.6 Å². The summed E-state index contributed by atoms with van der Waals surface area (Å²) in [6.45, 7) is 3.88. The van der Waals surface area contributed by atoms with Gasteiger partial charge in [0.25, 0.3) is 0 Å². The maximum atomic E-state index is 11.1. The van der Waals surface area contributed by atoms with Crippen molar-refractivity contribution in [3.05, 3.63) is 28.2 Å². The Morgan fingerprint density at radius 1 is 1.53 bits per heavy atom. The number of carboxylic acid groups (broad SMARTS) is 1. The first-order chi connectivity index (χ1) is 8.93. The number of benzene rings is 1. The van der Waals surface area contributed by atoms with Gasteiger partial charge in [0.15, 0.2) is 6.10 Å². The first kappa shape index (κ1) is 16.0. The third-order valence-corrected chi connectivity index (χ3v) is 3.27. The molecule has 2 unspecified atom stereocenters. The second-order valence-corrected chi connectivity index (χ2v) is 5.53. The lowest BCUT2D eigenvalue weighted by Gasteiger charge is -2.16. The van der Waals surface area contributed by atoms with E-state index < -0.39 is 12.1 Å². The number of nitrogens with two attached hydrogens (primary N) is 1. The first-order valence-corrected chi connectivity index (χ1v) is 7.16. The van der Waals surface area contributed by atoms with Gasteiger partial charge in [-0.25, -0.2) is 4.79 Å². The SMILES string of the molecule is CCCC(Oc1ccc(CC(C)N)cc1Br)C(=O)O. The smallest absolute Gasteiger partial charge is 0.344 e. The molecule has 0 amide bonds. The summed E-state index contributed by atoms with van der Waals surface area (Å²) in [6.07, 6.45) is 1.22. The zero-order valence-electron chi connectivity index (χ0n) is 11.2. The van der Waals surface area contributed by atoms with Crippen LogP contribution in [-0.2, 0) is 11.2 Å². The number of rotatable bonds is 7. The fourth-order valence-electron chi connectivity index (χ4n) is 1.79. The summed E-state index contributed by atoms with van der Waals surface area (Å²) in [5.41, 5.74) is 6.84. The van der Waals surface area contributed by atoms with Crippen LogP contribution in [0.2, 0.25) is 0 Å². The van der Waals surface area contributed by atoms with Gasteiger partial charge in [-0.05, 0) is 53.4 Å². The van der Waals surface area contributed by atoms with Crippen LogP contribution >= 0.6 is 15.9 Å². The van der Waals surface area contributed by atoms with Crippen LogP contribution in [0.4, 0.5) is 0 Å². The predicted octanol–water partition coefficient (Wildman–Crippen LogP) is 2.97. The van der Waals surface area contributed by atoms with E-state index in [-0.39, 0.29) is 6.04 Å². The van der Waals surface area contributed by atoms with Gasteiger partial charge in [0.1, 0.15) is 5.75 Å². The molecular weight excluding hydrogens is 310 g/mol. The number of hydrogen-bond donors (Lipinski definition) is 2. The van der Waals surface area contributed by atoms with Crippen molar-refractivity contribution in [3.63, 3.8) is 0 Å². The Morgan fingerprint density at radius 2 is 2.21 bits per heavy atom. The van der Waals surface area contributed by atoms with Crippen molar-refractivity contribution in [2.24, 2.45) is 5.73 Å². The van der Waals surface area contributed by atoms with E-state index in [1.807, 2.05) is 26.0 Å². The standard InChI is InChI=1S/C14H20BrNO3/c1-3-4-13(14(17)18)19-12-6-5-10(7-9(2)16)8-11(12)15/h5-6,8-9,13H,3-4,7,16H2,1-2H3,(H,17,18). The van der Waals surface area contributed by atoms with Crippen LogP contribution in [0.3, 0.4) is 0 Å². The van der Waals surface area contributed by atoms with E-state index in [0.29, 0.717) is 12.2 Å². The number of halogens is 1. The van der Waals surface area contributed by atoms with Crippen LogP contribution in [0.5, 0.6) is 5.75 Å². The van der Waals surface area contributed by atoms with Gasteiger partial charge in [-0.1, -0.05) is 19.4 Å². The molecule has 0 radical (unpaired) electrons. The monoisotopic (exact) mass is 329 g/mol. The molecule has 19 heavy (non-hydrogen) atoms. The van der Waals surface area contributed by atoms with Crippen molar-refractivity contribution >= 4 is 21.9 Å². The minimum Gasteiger partial charge on any atom is -0.479 e. The summed E-state index contributed by atoms with van der Waals surface area (Å²) in [7, 11) is 0. The first-order valence-electron chi connectivity index (χ1n) is 6.37. The summed E-state index contributed by atoms with van der Waals surface area (Å²) in [6, 6.07) is 5.70. The molecule has 0 heterocycles. The van der Waals surface area contributed by atoms with E-state index in [0.717, 1.165) is 22.9 Å². The minimum atomic E-state index is -0.937. The molecule has 3 N–H and O–H groups in total. The van der Waals surface area contributed by atoms with Crippen molar-refractivity contribution < 1.29 is 14.6 Å². The van der Waals surface area contributed by atoms with E-state index in [2.05, 4.69) is 15.9 Å². The molecule has 1 aromatic carbocycles. The number of hydrogen-bond acceptors (Lipinski definition) is 3. The van der Waals surface area contributed by atoms with Gasteiger partial charge in [0, 0.05) is 6.04 Å². The Labute approximate surface area is 122 Å². The van der Waals surface area contributed by atoms with Gasteiger partial charge in [-0.2, -0.15) is 0 Å². The number of ether oxygens (including phenoxy) is 1. The largest absolute Gasteiger partial charge is 0.479 e. The Hall–Kier alpha value is -1.07. The molecule has 1 aromatic rings. The number of carboxylic acids is 1. The van der Waals surface area contributed by atoms with Crippen LogP contribution in [0.15, 0.2) is 22.7 Å². The van der Waals surface area contributed by atoms with Gasteiger partial charge in [-0.3, -0.25) is 0 Å². The van der Waals surface area contributed by atoms with E-state index in [9.17, 15) is 4.79 Å². The lowest BCUT2D eigenvalue weighted by Crippen LogP contribution is -2.26. The molecule has 0 bridgehead atoms. The quantitative estimate of drug-likeness (QED) is 0.806. The van der Waals surface area contributed by atoms with Crippen molar-refractivity contribution in [2.75, 3.05) is 0 Å². The molecule has 0 aromatic heterocycles. The maximum Gasteiger partial charge on any atom is 0.344 e. The van der Waals surface area contributed by atoms with Crippen molar-refractivity contribution in [3.8, 4) is 5.75 Å². The molecule has 0 aliphatic heterocycles. The molecule has 0 aliphatic rings. The molecular formula is C14H20BrNO3. The van der Waals surface area contributed by atoms with Crippen LogP contribution in [0, 0.1) is 0 Å². The molecule has 0 saturated heterocycles. The third-order valence-electron chi connectivity index (χ3n) is 2.65. The van der Waals surface area contributed by atoms with Crippen LogP contribution < -0.4 is 10.5 Å². The molecule has 0 aliphatic carbocycles. The Morgan fingerprint density at radius 3 is 2.68 bits per heavy atom. The highest BCUT2D eigenvalue weighted by molar-refractivity contribution is 9.10. The Balaban J connectivity index is 2.81. The highest BCUT2D eigenvalue weighted by Gasteiger charge is 2.19. The Bertz CT molecular complexity index is 435. The van der Waals surface area contributed by atoms with Gasteiger partial charge in [-0.15, -0.1) is 0 Å². The van der Waals surface area contributed by atoms with Crippen molar-refractivity contribution in [1.82, 2.24) is 0 Å². The summed E-state index contributed by atoms with van der Waals surface area (Å²) in [5.74, 6) is -0.386. The molecule has 2 atom stereocenters. The lowest BCUT2D eigenvalue weighted by atomic mass is 10.1. The molecule has 106 valence electrons. The number of carbonyl (C=O) groups is 1. The van der Waals surface area contributed by atoms with E-state index in [1.54, 1.807) is 6.07 Å². The fourth-order valence-corrected chi connectivity index (χ4v) is 2.31. The number of aliphatic carboxylic acids is 1.